The highest BCUT2D eigenvalue weighted by molar-refractivity contribution is 4.76. The normalized spacial score (nSPS) is 14.4. The molecule has 0 aromatic carbocycles. The van der Waals surface area contributed by atoms with Crippen molar-refractivity contribution >= 4 is 0 Å². The summed E-state index contributed by atoms with van der Waals surface area (Å²) in [5, 5.41) is 0. The van der Waals surface area contributed by atoms with Gasteiger partial charge in [-0.1, -0.05) is 27.7 Å². The average Bonchev–Trinajstić information content (AvgIpc) is 2.15. The SMILES string of the molecule is CCC(CC)N(C)C(CN)CC(C)C. The van der Waals surface area contributed by atoms with Crippen LogP contribution < -0.4 is 5.73 Å². The molecule has 0 radical (unpaired) electrons. The van der Waals surface area contributed by atoms with Crippen LogP contribution in [0, 0.1) is 5.92 Å². The Kier molecular flexibility index (Phi) is 7.20. The van der Waals surface area contributed by atoms with Crippen molar-refractivity contribution in [2.75, 3.05) is 13.6 Å². The zero-order valence-corrected chi connectivity index (χ0v) is 10.6. The van der Waals surface area contributed by atoms with Crippen molar-refractivity contribution in [1.82, 2.24) is 4.90 Å². The Morgan fingerprint density at radius 3 is 1.86 bits per heavy atom. The van der Waals surface area contributed by atoms with E-state index in [9.17, 15) is 0 Å². The Balaban J connectivity index is 4.20. The standard InChI is InChI=1S/C12H28N2/c1-6-11(7-2)14(5)12(9-13)8-10(3)4/h10-12H,6-9,13H2,1-5H3. The van der Waals surface area contributed by atoms with Crippen LogP contribution in [-0.2, 0) is 0 Å². The van der Waals surface area contributed by atoms with Crippen molar-refractivity contribution in [3.63, 3.8) is 0 Å². The van der Waals surface area contributed by atoms with Crippen molar-refractivity contribution in [2.45, 2.75) is 59.0 Å². The number of hydrogen-bond donors (Lipinski definition) is 1. The molecule has 86 valence electrons. The first-order chi connectivity index (χ1) is 6.56. The van der Waals surface area contributed by atoms with Crippen LogP contribution in [0.3, 0.4) is 0 Å². The van der Waals surface area contributed by atoms with E-state index in [0.717, 1.165) is 12.5 Å². The fraction of sp³-hybridized carbons (Fsp3) is 1.00. The predicted molar refractivity (Wildman–Crippen MR) is 64.4 cm³/mol. The molecule has 1 unspecified atom stereocenters. The molecule has 2 nitrogen and oxygen atoms in total. The second kappa shape index (κ2) is 7.24. The average molecular weight is 200 g/mol. The van der Waals surface area contributed by atoms with E-state index in [1.165, 1.54) is 19.3 Å². The molecule has 0 heterocycles. The minimum Gasteiger partial charge on any atom is -0.329 e. The van der Waals surface area contributed by atoms with Crippen LogP contribution in [0.25, 0.3) is 0 Å². The Labute approximate surface area is 89.9 Å². The highest BCUT2D eigenvalue weighted by Gasteiger charge is 2.19. The lowest BCUT2D eigenvalue weighted by Gasteiger charge is -2.34. The fourth-order valence-corrected chi connectivity index (χ4v) is 2.14. The zero-order chi connectivity index (χ0) is 11.1. The molecule has 2 N–H and O–H groups in total. The van der Waals surface area contributed by atoms with Gasteiger partial charge in [0, 0.05) is 18.6 Å². The first kappa shape index (κ1) is 13.9. The Morgan fingerprint density at radius 2 is 1.57 bits per heavy atom. The van der Waals surface area contributed by atoms with Crippen LogP contribution in [0.1, 0.15) is 47.0 Å². The summed E-state index contributed by atoms with van der Waals surface area (Å²) in [6.07, 6.45) is 3.66. The van der Waals surface area contributed by atoms with E-state index in [-0.39, 0.29) is 0 Å². The van der Waals surface area contributed by atoms with Crippen molar-refractivity contribution in [1.29, 1.82) is 0 Å². The van der Waals surface area contributed by atoms with Gasteiger partial charge in [0.1, 0.15) is 0 Å². The highest BCUT2D eigenvalue weighted by Crippen LogP contribution is 2.15. The van der Waals surface area contributed by atoms with Gasteiger partial charge in [-0.15, -0.1) is 0 Å². The van der Waals surface area contributed by atoms with Gasteiger partial charge < -0.3 is 5.73 Å². The summed E-state index contributed by atoms with van der Waals surface area (Å²) in [4.78, 5) is 2.47. The van der Waals surface area contributed by atoms with Crippen molar-refractivity contribution in [2.24, 2.45) is 11.7 Å². The molecule has 0 aliphatic heterocycles. The molecule has 0 fully saturated rings. The van der Waals surface area contributed by atoms with E-state index < -0.39 is 0 Å². The third kappa shape index (κ3) is 4.43. The third-order valence-electron chi connectivity index (χ3n) is 3.11. The summed E-state index contributed by atoms with van der Waals surface area (Å²) in [5.41, 5.74) is 5.83. The molecule has 0 saturated heterocycles. The van der Waals surface area contributed by atoms with E-state index in [4.69, 9.17) is 5.73 Å². The fourth-order valence-electron chi connectivity index (χ4n) is 2.14. The summed E-state index contributed by atoms with van der Waals surface area (Å²) < 4.78 is 0. The van der Waals surface area contributed by atoms with Gasteiger partial charge in [0.15, 0.2) is 0 Å². The summed E-state index contributed by atoms with van der Waals surface area (Å²) in [7, 11) is 2.22. The molecule has 2 heteroatoms. The molecule has 0 saturated carbocycles. The maximum absolute atomic E-state index is 5.83. The van der Waals surface area contributed by atoms with E-state index in [0.29, 0.717) is 12.1 Å². The topological polar surface area (TPSA) is 29.3 Å². The second-order valence-electron chi connectivity index (χ2n) is 4.65. The van der Waals surface area contributed by atoms with Gasteiger partial charge in [-0.25, -0.2) is 0 Å². The molecule has 0 aromatic heterocycles. The molecule has 0 amide bonds. The lowest BCUT2D eigenvalue weighted by molar-refractivity contribution is 0.149. The summed E-state index contributed by atoms with van der Waals surface area (Å²) in [6, 6.07) is 1.25. The minimum atomic E-state index is 0.555. The van der Waals surface area contributed by atoms with Gasteiger partial charge in [-0.3, -0.25) is 4.90 Å². The van der Waals surface area contributed by atoms with Crippen molar-refractivity contribution in [3.05, 3.63) is 0 Å². The Hall–Kier alpha value is -0.0800. The van der Waals surface area contributed by atoms with Crippen LogP contribution in [-0.4, -0.2) is 30.6 Å². The first-order valence-corrected chi connectivity index (χ1v) is 5.98. The third-order valence-corrected chi connectivity index (χ3v) is 3.11. The quantitative estimate of drug-likeness (QED) is 0.684. The number of likely N-dealkylation sites (N-methyl/N-ethyl adjacent to an activating group) is 1. The number of nitrogens with two attached hydrogens (primary N) is 1. The maximum Gasteiger partial charge on any atom is 0.0220 e. The van der Waals surface area contributed by atoms with Crippen molar-refractivity contribution in [3.8, 4) is 0 Å². The van der Waals surface area contributed by atoms with E-state index in [1.807, 2.05) is 0 Å². The van der Waals surface area contributed by atoms with Crippen LogP contribution >= 0.6 is 0 Å². The summed E-state index contributed by atoms with van der Waals surface area (Å²) in [5.74, 6) is 0.736. The van der Waals surface area contributed by atoms with Crippen LogP contribution in [0.4, 0.5) is 0 Å². The zero-order valence-electron chi connectivity index (χ0n) is 10.6. The second-order valence-corrected chi connectivity index (χ2v) is 4.65. The monoisotopic (exact) mass is 200 g/mol. The molecule has 0 aliphatic carbocycles. The Morgan fingerprint density at radius 1 is 1.07 bits per heavy atom. The molecule has 0 rings (SSSR count). The number of hydrogen-bond acceptors (Lipinski definition) is 2. The molecule has 0 aliphatic rings. The summed E-state index contributed by atoms with van der Waals surface area (Å²) >= 11 is 0. The van der Waals surface area contributed by atoms with Crippen LogP contribution in [0.15, 0.2) is 0 Å². The van der Waals surface area contributed by atoms with Gasteiger partial charge in [-0.2, -0.15) is 0 Å². The maximum atomic E-state index is 5.83. The molecule has 0 bridgehead atoms. The molecular weight excluding hydrogens is 172 g/mol. The van der Waals surface area contributed by atoms with E-state index in [1.54, 1.807) is 0 Å². The van der Waals surface area contributed by atoms with E-state index in [2.05, 4.69) is 39.6 Å². The molecular formula is C12H28N2. The largest absolute Gasteiger partial charge is 0.329 e. The Bertz CT molecular complexity index is 130. The highest BCUT2D eigenvalue weighted by atomic mass is 15.2. The van der Waals surface area contributed by atoms with Crippen molar-refractivity contribution < 1.29 is 0 Å². The number of nitrogens with zero attached hydrogens (tertiary/aromatic N) is 1. The lowest BCUT2D eigenvalue weighted by atomic mass is 10.00. The van der Waals surface area contributed by atoms with Gasteiger partial charge in [0.2, 0.25) is 0 Å². The number of rotatable bonds is 7. The molecule has 0 spiro atoms. The minimum absolute atomic E-state index is 0.555. The van der Waals surface area contributed by atoms with Gasteiger partial charge in [-0.05, 0) is 32.2 Å². The lowest BCUT2D eigenvalue weighted by Crippen LogP contribution is -2.44. The molecule has 0 aromatic rings. The van der Waals surface area contributed by atoms with Crippen LogP contribution in [0.2, 0.25) is 0 Å². The van der Waals surface area contributed by atoms with Crippen LogP contribution in [0.5, 0.6) is 0 Å². The predicted octanol–water partition coefficient (Wildman–Crippen LogP) is 2.48. The molecule has 1 atom stereocenters. The van der Waals surface area contributed by atoms with E-state index >= 15 is 0 Å². The first-order valence-electron chi connectivity index (χ1n) is 5.98. The van der Waals surface area contributed by atoms with Gasteiger partial charge in [0.05, 0.1) is 0 Å². The van der Waals surface area contributed by atoms with Gasteiger partial charge in [0.25, 0.3) is 0 Å². The summed E-state index contributed by atoms with van der Waals surface area (Å²) in [6.45, 7) is 9.83. The smallest absolute Gasteiger partial charge is 0.0220 e. The molecule has 14 heavy (non-hydrogen) atoms. The van der Waals surface area contributed by atoms with Gasteiger partial charge >= 0.3 is 0 Å².